The second-order valence-corrected chi connectivity index (χ2v) is 9.17. The van der Waals surface area contributed by atoms with Crippen LogP contribution in [0.2, 0.25) is 0 Å². The number of hydrogen-bond acceptors (Lipinski definition) is 5. The second-order valence-electron chi connectivity index (χ2n) is 9.17. The normalized spacial score (nSPS) is 27.3. The first kappa shape index (κ1) is 18.9. The van der Waals surface area contributed by atoms with Gasteiger partial charge in [-0.05, 0) is 64.2 Å². The van der Waals surface area contributed by atoms with Crippen molar-refractivity contribution in [3.05, 3.63) is 64.6 Å². The number of nitrogens with one attached hydrogen (secondary N) is 2. The number of fused-ring (bicyclic) bond motifs is 2. The lowest BCUT2D eigenvalue weighted by atomic mass is 9.69. The molecule has 30 heavy (non-hydrogen) atoms. The molecule has 7 heteroatoms. The van der Waals surface area contributed by atoms with E-state index in [1.807, 2.05) is 12.1 Å². The van der Waals surface area contributed by atoms with E-state index >= 15 is 0 Å². The monoisotopic (exact) mass is 402 g/mol. The van der Waals surface area contributed by atoms with Crippen molar-refractivity contribution in [2.45, 2.75) is 57.0 Å². The van der Waals surface area contributed by atoms with Crippen molar-refractivity contribution in [1.82, 2.24) is 30.0 Å². The van der Waals surface area contributed by atoms with Gasteiger partial charge in [0.05, 0.1) is 17.0 Å². The standard InChI is InChI=1S/C23H26N6O/c1-22-6-3-7-23(2,28-22)13-16(12-22)10-17-4-5-19(27-26-17)18-14-25-21(11-20(18)30)29-9-8-24-15-29/h4-5,8-11,14-15,28H,3,6-7,12-13H2,1-2H3,(H,25,30)/t22-,23+. The maximum atomic E-state index is 12.6. The fourth-order valence-corrected chi connectivity index (χ4v) is 5.14. The predicted molar refractivity (Wildman–Crippen MR) is 116 cm³/mol. The Labute approximate surface area is 175 Å². The van der Waals surface area contributed by atoms with Gasteiger partial charge in [0.15, 0.2) is 5.43 Å². The number of H-pyrrole nitrogens is 1. The van der Waals surface area contributed by atoms with Gasteiger partial charge in [-0.3, -0.25) is 9.36 Å². The predicted octanol–water partition coefficient (Wildman–Crippen LogP) is 3.49. The summed E-state index contributed by atoms with van der Waals surface area (Å²) in [5.74, 6) is 0.661. The number of pyridine rings is 1. The van der Waals surface area contributed by atoms with Gasteiger partial charge in [-0.25, -0.2) is 4.98 Å². The highest BCUT2D eigenvalue weighted by Crippen LogP contribution is 2.42. The van der Waals surface area contributed by atoms with E-state index in [0.29, 0.717) is 17.1 Å². The molecular formula is C23H26N6O. The van der Waals surface area contributed by atoms with Gasteiger partial charge >= 0.3 is 0 Å². The quantitative estimate of drug-likeness (QED) is 0.700. The van der Waals surface area contributed by atoms with Crippen LogP contribution < -0.4 is 10.7 Å². The van der Waals surface area contributed by atoms with Gasteiger partial charge in [0.25, 0.3) is 0 Å². The summed E-state index contributed by atoms with van der Waals surface area (Å²) in [5, 5.41) is 12.6. The SMILES string of the molecule is C[C@]12CCC[C@](C)(CC(=Cc3ccc(-c4c[nH]c(-n5ccnc5)cc4=O)nn3)C1)N2. The van der Waals surface area contributed by atoms with Gasteiger partial charge in [-0.1, -0.05) is 5.57 Å². The van der Waals surface area contributed by atoms with E-state index in [2.05, 4.69) is 45.4 Å². The second kappa shape index (κ2) is 7.02. The van der Waals surface area contributed by atoms with Crippen molar-refractivity contribution in [2.75, 3.05) is 0 Å². The first-order valence-corrected chi connectivity index (χ1v) is 10.5. The molecule has 154 valence electrons. The Balaban J connectivity index is 1.39. The molecule has 0 radical (unpaired) electrons. The molecule has 2 atom stereocenters. The minimum absolute atomic E-state index is 0.107. The Bertz CT molecular complexity index is 1130. The van der Waals surface area contributed by atoms with E-state index in [0.717, 1.165) is 18.5 Å². The number of rotatable bonds is 3. The minimum Gasteiger partial charge on any atom is -0.347 e. The highest BCUT2D eigenvalue weighted by atomic mass is 16.1. The van der Waals surface area contributed by atoms with Gasteiger partial charge in [0.2, 0.25) is 0 Å². The van der Waals surface area contributed by atoms with Gasteiger partial charge in [-0.2, -0.15) is 5.10 Å². The maximum Gasteiger partial charge on any atom is 0.193 e. The Hall–Kier alpha value is -3.06. The van der Waals surface area contributed by atoms with Crippen LogP contribution in [0.3, 0.4) is 0 Å². The molecular weight excluding hydrogens is 376 g/mol. The zero-order valence-corrected chi connectivity index (χ0v) is 17.4. The summed E-state index contributed by atoms with van der Waals surface area (Å²) in [6.45, 7) is 4.65. The van der Waals surface area contributed by atoms with E-state index < -0.39 is 0 Å². The van der Waals surface area contributed by atoms with Gasteiger partial charge in [0.1, 0.15) is 12.1 Å². The molecule has 5 rings (SSSR count). The van der Waals surface area contributed by atoms with Crippen molar-refractivity contribution in [3.8, 4) is 17.1 Å². The summed E-state index contributed by atoms with van der Waals surface area (Å²) in [4.78, 5) is 19.7. The third kappa shape index (κ3) is 3.61. The third-order valence-corrected chi connectivity index (χ3v) is 6.29. The molecule has 2 saturated heterocycles. The molecule has 3 aromatic rings. The molecule has 7 nitrogen and oxygen atoms in total. The molecule has 5 heterocycles. The number of hydrogen-bond donors (Lipinski definition) is 2. The van der Waals surface area contributed by atoms with Crippen molar-refractivity contribution in [3.63, 3.8) is 0 Å². The highest BCUT2D eigenvalue weighted by molar-refractivity contribution is 5.60. The molecule has 0 aliphatic carbocycles. The Morgan fingerprint density at radius 1 is 1.13 bits per heavy atom. The van der Waals surface area contributed by atoms with E-state index in [1.165, 1.54) is 24.8 Å². The van der Waals surface area contributed by atoms with E-state index in [-0.39, 0.29) is 16.5 Å². The summed E-state index contributed by atoms with van der Waals surface area (Å²) >= 11 is 0. The summed E-state index contributed by atoms with van der Waals surface area (Å²) in [5.41, 5.74) is 3.57. The van der Waals surface area contributed by atoms with Crippen LogP contribution >= 0.6 is 0 Å². The number of nitrogens with zero attached hydrogens (tertiary/aromatic N) is 4. The van der Waals surface area contributed by atoms with Crippen molar-refractivity contribution >= 4 is 6.08 Å². The lowest BCUT2D eigenvalue weighted by molar-refractivity contribution is 0.124. The molecule has 0 unspecified atom stereocenters. The number of imidazole rings is 1. The van der Waals surface area contributed by atoms with Crippen LogP contribution in [0.5, 0.6) is 0 Å². The summed E-state index contributed by atoms with van der Waals surface area (Å²) in [7, 11) is 0. The number of aromatic amines is 1. The van der Waals surface area contributed by atoms with Crippen LogP contribution in [-0.2, 0) is 0 Å². The number of aromatic nitrogens is 5. The Kier molecular flexibility index (Phi) is 4.43. The van der Waals surface area contributed by atoms with Gasteiger partial charge in [0, 0.05) is 35.7 Å². The van der Waals surface area contributed by atoms with Crippen LogP contribution in [0.15, 0.2) is 53.5 Å². The molecule has 2 N–H and O–H groups in total. The van der Waals surface area contributed by atoms with E-state index in [9.17, 15) is 4.79 Å². The minimum atomic E-state index is -0.107. The molecule has 2 aliphatic heterocycles. The molecule has 2 aliphatic rings. The van der Waals surface area contributed by atoms with Crippen LogP contribution in [0, 0.1) is 0 Å². The Morgan fingerprint density at radius 3 is 2.57 bits per heavy atom. The molecule has 0 spiro atoms. The molecule has 2 bridgehead atoms. The van der Waals surface area contributed by atoms with E-state index in [4.69, 9.17) is 0 Å². The van der Waals surface area contributed by atoms with Gasteiger partial charge < -0.3 is 10.3 Å². The lowest BCUT2D eigenvalue weighted by Gasteiger charge is -2.51. The molecule has 0 saturated carbocycles. The lowest BCUT2D eigenvalue weighted by Crippen LogP contribution is -2.61. The van der Waals surface area contributed by atoms with E-state index in [1.54, 1.807) is 35.6 Å². The average molecular weight is 403 g/mol. The fourth-order valence-electron chi connectivity index (χ4n) is 5.14. The summed E-state index contributed by atoms with van der Waals surface area (Å²) in [6.07, 6.45) is 14.7. The Morgan fingerprint density at radius 2 is 1.93 bits per heavy atom. The van der Waals surface area contributed by atoms with Crippen LogP contribution in [0.25, 0.3) is 23.2 Å². The third-order valence-electron chi connectivity index (χ3n) is 6.29. The molecule has 3 aromatic heterocycles. The van der Waals surface area contributed by atoms with Crippen LogP contribution in [0.1, 0.15) is 51.6 Å². The zero-order chi connectivity index (χ0) is 20.8. The summed E-state index contributed by atoms with van der Waals surface area (Å²) < 4.78 is 1.75. The van der Waals surface area contributed by atoms with Crippen molar-refractivity contribution in [1.29, 1.82) is 0 Å². The molecule has 2 fully saturated rings. The first-order chi connectivity index (χ1) is 14.4. The van der Waals surface area contributed by atoms with Crippen LogP contribution in [-0.4, -0.2) is 35.8 Å². The zero-order valence-electron chi connectivity index (χ0n) is 17.4. The van der Waals surface area contributed by atoms with Crippen LogP contribution in [0.4, 0.5) is 0 Å². The first-order valence-electron chi connectivity index (χ1n) is 10.5. The van der Waals surface area contributed by atoms with Crippen molar-refractivity contribution in [2.24, 2.45) is 0 Å². The summed E-state index contributed by atoms with van der Waals surface area (Å²) in [6, 6.07) is 5.36. The van der Waals surface area contributed by atoms with Crippen molar-refractivity contribution < 1.29 is 0 Å². The van der Waals surface area contributed by atoms with Gasteiger partial charge in [-0.15, -0.1) is 5.10 Å². The average Bonchev–Trinajstić information content (AvgIpc) is 3.22. The largest absolute Gasteiger partial charge is 0.347 e. The highest BCUT2D eigenvalue weighted by Gasteiger charge is 2.43. The maximum absolute atomic E-state index is 12.6. The molecule has 0 aromatic carbocycles. The number of piperidine rings is 2. The molecule has 0 amide bonds. The fraction of sp³-hybridized carbons (Fsp3) is 0.391. The smallest absolute Gasteiger partial charge is 0.193 e. The topological polar surface area (TPSA) is 88.5 Å².